The molecule has 1 heterocycles. The molecule has 3 atom stereocenters. The molecule has 0 bridgehead atoms. The Labute approximate surface area is 200 Å². The van der Waals surface area contributed by atoms with Crippen molar-refractivity contribution >= 4 is 18.3 Å². The molecule has 0 saturated carbocycles. The normalized spacial score (nSPS) is 23.9. The summed E-state index contributed by atoms with van der Waals surface area (Å²) in [5.41, 5.74) is 3.57. The molecule has 4 rings (SSSR count). The Hall–Kier alpha value is -1.73. The van der Waals surface area contributed by atoms with Gasteiger partial charge in [0, 0.05) is 24.9 Å². The van der Waals surface area contributed by atoms with Crippen LogP contribution in [0.25, 0.3) is 0 Å². The molecule has 178 valence electrons. The maximum absolute atomic E-state index is 13.5. The van der Waals surface area contributed by atoms with E-state index in [9.17, 15) is 8.42 Å². The third-order valence-electron chi connectivity index (χ3n) is 7.86. The van der Waals surface area contributed by atoms with E-state index in [0.717, 1.165) is 30.1 Å². The van der Waals surface area contributed by atoms with Gasteiger partial charge in [0.2, 0.25) is 10.0 Å². The molecule has 0 N–H and O–H groups in total. The summed E-state index contributed by atoms with van der Waals surface area (Å²) in [5.74, 6) is 0.338. The lowest BCUT2D eigenvalue weighted by atomic mass is 9.74. The minimum absolute atomic E-state index is 0.106. The summed E-state index contributed by atoms with van der Waals surface area (Å²) in [6, 6.07) is 21.2. The number of rotatable bonds is 8. The number of hydrogen-bond donors (Lipinski definition) is 0. The smallest absolute Gasteiger partial charge is 0.243 e. The van der Waals surface area contributed by atoms with Crippen LogP contribution >= 0.6 is 0 Å². The van der Waals surface area contributed by atoms with Crippen LogP contribution in [0.2, 0.25) is 18.1 Å². The highest BCUT2D eigenvalue weighted by Crippen LogP contribution is 2.46. The zero-order chi connectivity index (χ0) is 23.6. The zero-order valence-corrected chi connectivity index (χ0v) is 22.1. The van der Waals surface area contributed by atoms with Crippen molar-refractivity contribution in [3.63, 3.8) is 0 Å². The Morgan fingerprint density at radius 1 is 0.970 bits per heavy atom. The molecule has 0 amide bonds. The number of sulfonamides is 1. The first-order chi connectivity index (χ1) is 15.8. The summed E-state index contributed by atoms with van der Waals surface area (Å²) < 4.78 is 35.6. The van der Waals surface area contributed by atoms with Crippen molar-refractivity contribution in [3.05, 3.63) is 77.4 Å². The predicted octanol–water partition coefficient (Wildman–Crippen LogP) is 6.12. The van der Waals surface area contributed by atoms with Crippen molar-refractivity contribution < 1.29 is 12.8 Å². The second-order valence-electron chi connectivity index (χ2n) is 9.57. The van der Waals surface area contributed by atoms with Gasteiger partial charge < -0.3 is 4.43 Å². The molecule has 33 heavy (non-hydrogen) atoms. The van der Waals surface area contributed by atoms with Gasteiger partial charge in [-0.2, -0.15) is 4.31 Å². The van der Waals surface area contributed by atoms with Crippen LogP contribution < -0.4 is 0 Å². The van der Waals surface area contributed by atoms with Gasteiger partial charge in [-0.25, -0.2) is 8.42 Å². The van der Waals surface area contributed by atoms with Crippen molar-refractivity contribution in [3.8, 4) is 0 Å². The maximum Gasteiger partial charge on any atom is 0.243 e. The molecule has 0 spiro atoms. The lowest BCUT2D eigenvalue weighted by Gasteiger charge is -2.41. The summed E-state index contributed by atoms with van der Waals surface area (Å²) in [5, 5.41) is 0. The molecule has 2 aromatic carbocycles. The summed E-state index contributed by atoms with van der Waals surface area (Å²) in [6.45, 7) is 9.78. The molecule has 1 fully saturated rings. The highest BCUT2D eigenvalue weighted by Gasteiger charge is 2.46. The van der Waals surface area contributed by atoms with Crippen LogP contribution in [0.3, 0.4) is 0 Å². The summed E-state index contributed by atoms with van der Waals surface area (Å²) in [4.78, 5) is 0.380. The zero-order valence-electron chi connectivity index (χ0n) is 20.3. The topological polar surface area (TPSA) is 46.6 Å². The lowest BCUT2D eigenvalue weighted by molar-refractivity contribution is 0.131. The van der Waals surface area contributed by atoms with Gasteiger partial charge in [0.1, 0.15) is 0 Å². The quantitative estimate of drug-likeness (QED) is 0.336. The fourth-order valence-corrected chi connectivity index (χ4v) is 9.90. The summed E-state index contributed by atoms with van der Waals surface area (Å²) in [6.07, 6.45) is 3.24. The van der Waals surface area contributed by atoms with E-state index >= 15 is 0 Å². The molecule has 1 aliphatic carbocycles. The van der Waals surface area contributed by atoms with Crippen molar-refractivity contribution in [1.29, 1.82) is 0 Å². The second kappa shape index (κ2) is 9.86. The largest absolute Gasteiger partial charge is 0.413 e. The van der Waals surface area contributed by atoms with E-state index in [0.29, 0.717) is 18.0 Å². The molecule has 0 aromatic heterocycles. The Balaban J connectivity index is 1.66. The first kappa shape index (κ1) is 24.4. The molecule has 4 nitrogen and oxygen atoms in total. The van der Waals surface area contributed by atoms with Crippen LogP contribution in [-0.2, 0) is 14.4 Å². The number of aryl methyl sites for hydroxylation is 1. The number of fused-ring (bicyclic) bond motifs is 1. The van der Waals surface area contributed by atoms with Gasteiger partial charge in [0.25, 0.3) is 0 Å². The van der Waals surface area contributed by atoms with Crippen molar-refractivity contribution in [1.82, 2.24) is 4.31 Å². The highest BCUT2D eigenvalue weighted by molar-refractivity contribution is 7.89. The van der Waals surface area contributed by atoms with E-state index in [4.69, 9.17) is 4.43 Å². The van der Waals surface area contributed by atoms with Crippen LogP contribution in [-0.4, -0.2) is 40.2 Å². The molecule has 6 heteroatoms. The Kier molecular flexibility index (Phi) is 7.29. The fraction of sp³-hybridized carbons (Fsp3) is 0.481. The third-order valence-corrected chi connectivity index (χ3v) is 14.4. The minimum atomic E-state index is -3.53. The minimum Gasteiger partial charge on any atom is -0.413 e. The summed E-state index contributed by atoms with van der Waals surface area (Å²) >= 11 is 0. The van der Waals surface area contributed by atoms with Gasteiger partial charge in [-0.1, -0.05) is 80.4 Å². The Morgan fingerprint density at radius 3 is 2.21 bits per heavy atom. The van der Waals surface area contributed by atoms with E-state index < -0.39 is 18.3 Å². The average Bonchev–Trinajstić information content (AvgIpc) is 3.28. The van der Waals surface area contributed by atoms with Gasteiger partial charge in [-0.15, -0.1) is 0 Å². The van der Waals surface area contributed by atoms with Crippen molar-refractivity contribution in [2.45, 2.75) is 69.2 Å². The van der Waals surface area contributed by atoms with Crippen molar-refractivity contribution in [2.75, 3.05) is 13.1 Å². The van der Waals surface area contributed by atoms with Crippen LogP contribution in [0, 0.1) is 12.8 Å². The third kappa shape index (κ3) is 4.76. The van der Waals surface area contributed by atoms with Gasteiger partial charge in [0.15, 0.2) is 8.32 Å². The van der Waals surface area contributed by atoms with Gasteiger partial charge in [-0.3, -0.25) is 0 Å². The molecular formula is C27H37NO3SSi. The standard InChI is InChI=1S/C27H37NO3SSi/c1-5-33(6-2,7-3)31-26-18-15-23-19-28(32(29,30)24-16-13-21(4)14-17-24)20-25(23)27(26)22-11-9-8-10-12-22/h8-17,25-27H,5-7,18-20H2,1-4H3/t25-,26+,27+/m1/s1. The summed E-state index contributed by atoms with van der Waals surface area (Å²) in [7, 11) is -5.32. The van der Waals surface area contributed by atoms with Crippen LogP contribution in [0.1, 0.15) is 44.2 Å². The number of hydrogen-bond acceptors (Lipinski definition) is 3. The van der Waals surface area contributed by atoms with Crippen molar-refractivity contribution in [2.24, 2.45) is 5.92 Å². The molecule has 1 saturated heterocycles. The molecule has 1 aliphatic heterocycles. The molecule has 2 aromatic rings. The van der Waals surface area contributed by atoms with Crippen LogP contribution in [0.4, 0.5) is 0 Å². The second-order valence-corrected chi connectivity index (χ2v) is 16.2. The maximum atomic E-state index is 13.5. The fourth-order valence-electron chi connectivity index (χ4n) is 5.56. The molecule has 2 aliphatic rings. The predicted molar refractivity (Wildman–Crippen MR) is 137 cm³/mol. The van der Waals surface area contributed by atoms with Crippen LogP contribution in [0.5, 0.6) is 0 Å². The van der Waals surface area contributed by atoms with Gasteiger partial charge >= 0.3 is 0 Å². The Morgan fingerprint density at radius 2 is 1.61 bits per heavy atom. The van der Waals surface area contributed by atoms with Gasteiger partial charge in [0.05, 0.1) is 11.0 Å². The Bertz CT molecular complexity index is 1070. The van der Waals surface area contributed by atoms with E-state index in [-0.39, 0.29) is 17.9 Å². The molecular weight excluding hydrogens is 446 g/mol. The van der Waals surface area contributed by atoms with E-state index in [2.05, 4.69) is 51.1 Å². The molecule has 0 unspecified atom stereocenters. The van der Waals surface area contributed by atoms with Crippen LogP contribution in [0.15, 0.2) is 71.1 Å². The number of benzene rings is 2. The average molecular weight is 484 g/mol. The molecule has 0 radical (unpaired) electrons. The first-order valence-corrected chi connectivity index (χ1v) is 16.3. The van der Waals surface area contributed by atoms with E-state index in [1.807, 2.05) is 25.1 Å². The van der Waals surface area contributed by atoms with E-state index in [1.165, 1.54) is 11.1 Å². The van der Waals surface area contributed by atoms with Gasteiger partial charge in [-0.05, 0) is 49.2 Å². The highest BCUT2D eigenvalue weighted by atomic mass is 32.2. The number of nitrogens with zero attached hydrogens (tertiary/aromatic N) is 1. The lowest BCUT2D eigenvalue weighted by Crippen LogP contribution is -2.44. The SMILES string of the molecule is CC[Si](CC)(CC)O[C@H]1CC=C2CN(S(=O)(=O)c3ccc(C)cc3)C[C@H]2[C@@H]1c1ccccc1. The van der Waals surface area contributed by atoms with E-state index in [1.54, 1.807) is 16.4 Å². The monoisotopic (exact) mass is 483 g/mol. The first-order valence-electron chi connectivity index (χ1n) is 12.3.